The number of benzene rings is 1. The summed E-state index contributed by atoms with van der Waals surface area (Å²) in [6.07, 6.45) is 3.94. The molecular formula is C14H11NOS. The molecule has 3 heteroatoms. The molecule has 0 radical (unpaired) electrons. The predicted molar refractivity (Wildman–Crippen MR) is 72.0 cm³/mol. The van der Waals surface area contributed by atoms with E-state index in [1.165, 1.54) is 9.75 Å². The molecule has 2 aromatic heterocycles. The summed E-state index contributed by atoms with van der Waals surface area (Å²) < 4.78 is 5.60. The van der Waals surface area contributed by atoms with E-state index in [9.17, 15) is 0 Å². The van der Waals surface area contributed by atoms with Gasteiger partial charge in [-0.25, -0.2) is 4.98 Å². The molecule has 3 rings (SSSR count). The van der Waals surface area contributed by atoms with Crippen molar-refractivity contribution in [2.24, 2.45) is 0 Å². The van der Waals surface area contributed by atoms with Crippen LogP contribution in [0.15, 0.2) is 40.8 Å². The van der Waals surface area contributed by atoms with E-state index >= 15 is 0 Å². The lowest BCUT2D eigenvalue weighted by Crippen LogP contribution is -1.68. The Balaban J connectivity index is 1.92. The Bertz CT molecular complexity index is 645. The van der Waals surface area contributed by atoms with Crippen LogP contribution in [0.25, 0.3) is 23.3 Å². The lowest BCUT2D eigenvalue weighted by molar-refractivity contribution is 0.590. The summed E-state index contributed by atoms with van der Waals surface area (Å²) in [6.45, 7) is 2.10. The van der Waals surface area contributed by atoms with Gasteiger partial charge in [0.15, 0.2) is 5.58 Å². The van der Waals surface area contributed by atoms with Crippen molar-refractivity contribution in [3.63, 3.8) is 0 Å². The van der Waals surface area contributed by atoms with Gasteiger partial charge in [0.1, 0.15) is 5.52 Å². The maximum atomic E-state index is 5.60. The number of oxazole rings is 1. The van der Waals surface area contributed by atoms with Crippen LogP contribution < -0.4 is 0 Å². The van der Waals surface area contributed by atoms with Crippen LogP contribution in [0.4, 0.5) is 0 Å². The van der Waals surface area contributed by atoms with Crippen LogP contribution in [0.2, 0.25) is 0 Å². The van der Waals surface area contributed by atoms with Gasteiger partial charge in [-0.3, -0.25) is 0 Å². The highest BCUT2D eigenvalue weighted by molar-refractivity contribution is 7.12. The molecule has 84 valence electrons. The first kappa shape index (κ1) is 10.3. The number of nitrogens with zero attached hydrogens (tertiary/aromatic N) is 1. The summed E-state index contributed by atoms with van der Waals surface area (Å²) in [4.78, 5) is 6.91. The van der Waals surface area contributed by atoms with E-state index in [1.54, 1.807) is 11.3 Å². The zero-order chi connectivity index (χ0) is 11.7. The van der Waals surface area contributed by atoms with E-state index in [-0.39, 0.29) is 0 Å². The zero-order valence-corrected chi connectivity index (χ0v) is 10.2. The van der Waals surface area contributed by atoms with Crippen molar-refractivity contribution in [1.82, 2.24) is 4.98 Å². The first-order chi connectivity index (χ1) is 8.31. The fraction of sp³-hybridized carbons (Fsp3) is 0.0714. The van der Waals surface area contributed by atoms with Crippen LogP contribution in [0.3, 0.4) is 0 Å². The van der Waals surface area contributed by atoms with Crippen molar-refractivity contribution < 1.29 is 4.42 Å². The molecule has 0 aliphatic heterocycles. The molecule has 0 atom stereocenters. The molecule has 0 bridgehead atoms. The number of rotatable bonds is 2. The fourth-order valence-corrected chi connectivity index (χ4v) is 2.44. The molecule has 0 aliphatic rings. The van der Waals surface area contributed by atoms with Gasteiger partial charge in [-0.15, -0.1) is 11.3 Å². The summed E-state index contributed by atoms with van der Waals surface area (Å²) in [6, 6.07) is 12.0. The second-order valence-corrected chi connectivity index (χ2v) is 5.12. The molecule has 2 heterocycles. The van der Waals surface area contributed by atoms with Crippen LogP contribution in [0.5, 0.6) is 0 Å². The number of hydrogen-bond donors (Lipinski definition) is 0. The number of aryl methyl sites for hydroxylation is 1. The standard InChI is InChI=1S/C14H11NOS/c1-10-6-7-11(17-10)8-9-14-15-12-4-2-3-5-13(12)16-14/h2-9H,1H3/b9-8+. The molecule has 0 fully saturated rings. The van der Waals surface area contributed by atoms with Crippen molar-refractivity contribution >= 4 is 34.6 Å². The lowest BCUT2D eigenvalue weighted by atomic mass is 10.3. The molecule has 2 nitrogen and oxygen atoms in total. The van der Waals surface area contributed by atoms with E-state index in [4.69, 9.17) is 4.42 Å². The normalized spacial score (nSPS) is 11.6. The van der Waals surface area contributed by atoms with Crippen molar-refractivity contribution in [2.45, 2.75) is 6.92 Å². The van der Waals surface area contributed by atoms with E-state index < -0.39 is 0 Å². The van der Waals surface area contributed by atoms with Gasteiger partial charge >= 0.3 is 0 Å². The Morgan fingerprint density at radius 2 is 2.00 bits per heavy atom. The van der Waals surface area contributed by atoms with E-state index in [0.29, 0.717) is 5.89 Å². The van der Waals surface area contributed by atoms with Crippen molar-refractivity contribution in [1.29, 1.82) is 0 Å². The van der Waals surface area contributed by atoms with Crippen LogP contribution in [-0.2, 0) is 0 Å². The molecule has 0 spiro atoms. The minimum absolute atomic E-state index is 0.650. The highest BCUT2D eigenvalue weighted by Crippen LogP contribution is 2.20. The largest absolute Gasteiger partial charge is 0.437 e. The maximum Gasteiger partial charge on any atom is 0.220 e. The minimum atomic E-state index is 0.650. The third kappa shape index (κ3) is 2.15. The second kappa shape index (κ2) is 4.18. The summed E-state index contributed by atoms with van der Waals surface area (Å²) in [7, 11) is 0. The van der Waals surface area contributed by atoms with Crippen molar-refractivity contribution in [3.05, 3.63) is 52.0 Å². The van der Waals surface area contributed by atoms with Gasteiger partial charge in [0.25, 0.3) is 0 Å². The highest BCUT2D eigenvalue weighted by atomic mass is 32.1. The summed E-state index contributed by atoms with van der Waals surface area (Å²) in [5.41, 5.74) is 1.73. The Morgan fingerprint density at radius 3 is 2.76 bits per heavy atom. The Kier molecular flexibility index (Phi) is 2.53. The van der Waals surface area contributed by atoms with Gasteiger partial charge in [-0.05, 0) is 37.3 Å². The summed E-state index contributed by atoms with van der Waals surface area (Å²) >= 11 is 1.76. The van der Waals surface area contributed by atoms with Crippen molar-refractivity contribution in [2.75, 3.05) is 0 Å². The van der Waals surface area contributed by atoms with Gasteiger partial charge in [0.05, 0.1) is 0 Å². The topological polar surface area (TPSA) is 26.0 Å². The molecule has 3 aromatic rings. The number of aromatic nitrogens is 1. The lowest BCUT2D eigenvalue weighted by Gasteiger charge is -1.82. The molecule has 0 unspecified atom stereocenters. The van der Waals surface area contributed by atoms with Gasteiger partial charge < -0.3 is 4.42 Å². The Morgan fingerprint density at radius 1 is 1.12 bits per heavy atom. The Hall–Kier alpha value is -1.87. The molecule has 17 heavy (non-hydrogen) atoms. The number of para-hydroxylation sites is 2. The average molecular weight is 241 g/mol. The third-order valence-corrected chi connectivity index (χ3v) is 3.43. The Labute approximate surface area is 103 Å². The zero-order valence-electron chi connectivity index (χ0n) is 9.38. The molecule has 0 N–H and O–H groups in total. The number of hydrogen-bond acceptors (Lipinski definition) is 3. The van der Waals surface area contributed by atoms with Crippen LogP contribution >= 0.6 is 11.3 Å². The van der Waals surface area contributed by atoms with Gasteiger partial charge in [-0.2, -0.15) is 0 Å². The molecular weight excluding hydrogens is 230 g/mol. The fourth-order valence-electron chi connectivity index (χ4n) is 1.66. The third-order valence-electron chi connectivity index (χ3n) is 2.46. The van der Waals surface area contributed by atoms with E-state index in [2.05, 4.69) is 24.0 Å². The summed E-state index contributed by atoms with van der Waals surface area (Å²) in [5, 5.41) is 0. The minimum Gasteiger partial charge on any atom is -0.437 e. The predicted octanol–water partition coefficient (Wildman–Crippen LogP) is 4.37. The van der Waals surface area contributed by atoms with Gasteiger partial charge in [0.2, 0.25) is 5.89 Å². The van der Waals surface area contributed by atoms with E-state index in [1.807, 2.05) is 36.4 Å². The van der Waals surface area contributed by atoms with Crippen LogP contribution in [-0.4, -0.2) is 4.98 Å². The number of fused-ring (bicyclic) bond motifs is 1. The quantitative estimate of drug-likeness (QED) is 0.666. The molecule has 0 aliphatic carbocycles. The smallest absolute Gasteiger partial charge is 0.220 e. The first-order valence-corrected chi connectivity index (χ1v) is 6.23. The second-order valence-electron chi connectivity index (χ2n) is 3.80. The van der Waals surface area contributed by atoms with Gasteiger partial charge in [0, 0.05) is 15.8 Å². The monoisotopic (exact) mass is 241 g/mol. The first-order valence-electron chi connectivity index (χ1n) is 5.41. The molecule has 0 saturated carbocycles. The number of thiophene rings is 1. The molecule has 1 aromatic carbocycles. The maximum absolute atomic E-state index is 5.60. The van der Waals surface area contributed by atoms with Gasteiger partial charge in [-0.1, -0.05) is 12.1 Å². The van der Waals surface area contributed by atoms with E-state index in [0.717, 1.165) is 11.1 Å². The SMILES string of the molecule is Cc1ccc(/C=C/c2nc3ccccc3o2)s1. The van der Waals surface area contributed by atoms with Crippen LogP contribution in [0.1, 0.15) is 15.6 Å². The summed E-state index contributed by atoms with van der Waals surface area (Å²) in [5.74, 6) is 0.650. The average Bonchev–Trinajstić information content (AvgIpc) is 2.91. The van der Waals surface area contributed by atoms with Crippen LogP contribution in [0, 0.1) is 6.92 Å². The highest BCUT2D eigenvalue weighted by Gasteiger charge is 2.01. The van der Waals surface area contributed by atoms with Crippen molar-refractivity contribution in [3.8, 4) is 0 Å². The molecule has 0 amide bonds. The molecule has 0 saturated heterocycles.